The third-order valence-corrected chi connectivity index (χ3v) is 2.95. The number of amides is 1. The number of hydrogen-bond donors (Lipinski definition) is 2. The lowest BCUT2D eigenvalue weighted by atomic mass is 10.1. The molecule has 1 aromatic carbocycles. The lowest BCUT2D eigenvalue weighted by Crippen LogP contribution is -2.35. The van der Waals surface area contributed by atoms with Crippen molar-refractivity contribution >= 4 is 17.6 Å². The van der Waals surface area contributed by atoms with Crippen molar-refractivity contribution < 1.29 is 19.4 Å². The van der Waals surface area contributed by atoms with Gasteiger partial charge >= 0.3 is 5.97 Å². The number of nitrogens with zero attached hydrogens (tertiary/aromatic N) is 1. The average molecular weight is 264 g/mol. The molecular weight excluding hydrogens is 248 g/mol. The highest BCUT2D eigenvalue weighted by Gasteiger charge is 2.22. The molecule has 1 aliphatic rings. The number of aliphatic carboxylic acids is 1. The van der Waals surface area contributed by atoms with Gasteiger partial charge < -0.3 is 20.1 Å². The maximum absolute atomic E-state index is 11.5. The van der Waals surface area contributed by atoms with E-state index in [1.165, 1.54) is 0 Å². The molecule has 0 saturated heterocycles. The lowest BCUT2D eigenvalue weighted by molar-refractivity contribution is -0.136. The number of likely N-dealkylation sites (N-methyl/N-ethyl adjacent to an activating group) is 1. The predicted octanol–water partition coefficient (Wildman–Crippen LogP) is 0.606. The van der Waals surface area contributed by atoms with E-state index < -0.39 is 5.97 Å². The van der Waals surface area contributed by atoms with Gasteiger partial charge in [-0.25, -0.2) is 0 Å². The fourth-order valence-electron chi connectivity index (χ4n) is 1.86. The van der Waals surface area contributed by atoms with Crippen LogP contribution in [0.3, 0.4) is 0 Å². The summed E-state index contributed by atoms with van der Waals surface area (Å²) in [6.45, 7) is 1.04. The molecule has 0 bridgehead atoms. The molecule has 0 unspecified atom stereocenters. The summed E-state index contributed by atoms with van der Waals surface area (Å²) < 4.78 is 5.33. The summed E-state index contributed by atoms with van der Waals surface area (Å²) in [5.41, 5.74) is 1.73. The second kappa shape index (κ2) is 5.71. The smallest absolute Gasteiger partial charge is 0.304 e. The van der Waals surface area contributed by atoms with Gasteiger partial charge in [-0.2, -0.15) is 0 Å². The quantitative estimate of drug-likeness (QED) is 0.762. The Morgan fingerprint density at radius 3 is 3.05 bits per heavy atom. The molecule has 1 aliphatic heterocycles. The van der Waals surface area contributed by atoms with Crippen LogP contribution < -0.4 is 15.0 Å². The maximum atomic E-state index is 11.5. The van der Waals surface area contributed by atoms with Crippen LogP contribution in [-0.4, -0.2) is 37.2 Å². The zero-order valence-corrected chi connectivity index (χ0v) is 10.7. The number of nitrogens with one attached hydrogen (secondary N) is 1. The molecule has 0 fully saturated rings. The summed E-state index contributed by atoms with van der Waals surface area (Å²) in [6, 6.07) is 5.60. The first kappa shape index (κ1) is 13.4. The first-order valence-corrected chi connectivity index (χ1v) is 6.02. The Balaban J connectivity index is 2.00. The fourth-order valence-corrected chi connectivity index (χ4v) is 1.86. The second-order valence-electron chi connectivity index (χ2n) is 4.36. The highest BCUT2D eigenvalue weighted by Crippen LogP contribution is 2.31. The molecule has 0 radical (unpaired) electrons. The van der Waals surface area contributed by atoms with E-state index in [2.05, 4.69) is 5.32 Å². The Bertz CT molecular complexity index is 501. The number of ether oxygens (including phenoxy) is 1. The number of fused-ring (bicyclic) bond motifs is 1. The highest BCUT2D eigenvalue weighted by atomic mass is 16.5. The molecular formula is C13H16N2O4. The monoisotopic (exact) mass is 264 g/mol. The molecule has 2 rings (SSSR count). The van der Waals surface area contributed by atoms with Crippen LogP contribution in [0.25, 0.3) is 0 Å². The minimum absolute atomic E-state index is 0.0692. The van der Waals surface area contributed by atoms with E-state index in [0.717, 1.165) is 11.3 Å². The number of anilines is 1. The molecule has 1 aromatic rings. The number of rotatable bonds is 5. The molecule has 1 amide bonds. The van der Waals surface area contributed by atoms with Crippen LogP contribution in [0.15, 0.2) is 18.2 Å². The van der Waals surface area contributed by atoms with E-state index in [1.807, 2.05) is 18.2 Å². The molecule has 0 aromatic heterocycles. The molecule has 102 valence electrons. The first-order valence-electron chi connectivity index (χ1n) is 6.02. The minimum atomic E-state index is -0.823. The van der Waals surface area contributed by atoms with E-state index in [9.17, 15) is 9.59 Å². The van der Waals surface area contributed by atoms with Gasteiger partial charge in [0.05, 0.1) is 12.1 Å². The number of carboxylic acid groups (broad SMARTS) is 1. The van der Waals surface area contributed by atoms with Crippen molar-refractivity contribution in [2.45, 2.75) is 13.0 Å². The zero-order valence-electron chi connectivity index (χ0n) is 10.7. The third-order valence-electron chi connectivity index (χ3n) is 2.95. The average Bonchev–Trinajstić information content (AvgIpc) is 2.39. The van der Waals surface area contributed by atoms with Crippen molar-refractivity contribution in [1.82, 2.24) is 5.32 Å². The van der Waals surface area contributed by atoms with Gasteiger partial charge in [-0.15, -0.1) is 0 Å². The van der Waals surface area contributed by atoms with Crippen molar-refractivity contribution in [3.8, 4) is 5.75 Å². The Hall–Kier alpha value is -2.08. The van der Waals surface area contributed by atoms with E-state index in [1.54, 1.807) is 11.9 Å². The van der Waals surface area contributed by atoms with Crippen LogP contribution in [0.1, 0.15) is 12.0 Å². The topological polar surface area (TPSA) is 78.9 Å². The maximum Gasteiger partial charge on any atom is 0.304 e. The number of carbonyl (C=O) groups is 2. The standard InChI is InChI=1S/C13H16N2O4/c1-15-10-6-9(7-14-5-4-13(17)18)2-3-11(10)19-8-12(15)16/h2-3,6,14H,4-5,7-8H2,1H3,(H,17,18). The van der Waals surface area contributed by atoms with E-state index in [-0.39, 0.29) is 18.9 Å². The van der Waals surface area contributed by atoms with Crippen molar-refractivity contribution in [3.63, 3.8) is 0 Å². The van der Waals surface area contributed by atoms with Crippen molar-refractivity contribution in [2.24, 2.45) is 0 Å². The van der Waals surface area contributed by atoms with E-state index in [0.29, 0.717) is 18.8 Å². The number of benzene rings is 1. The number of hydrogen-bond acceptors (Lipinski definition) is 4. The molecule has 2 N–H and O–H groups in total. The van der Waals surface area contributed by atoms with Crippen LogP contribution in [-0.2, 0) is 16.1 Å². The zero-order chi connectivity index (χ0) is 13.8. The molecule has 1 heterocycles. The van der Waals surface area contributed by atoms with Crippen LogP contribution in [0.4, 0.5) is 5.69 Å². The molecule has 6 nitrogen and oxygen atoms in total. The molecule has 0 aliphatic carbocycles. The van der Waals surface area contributed by atoms with Crippen LogP contribution in [0.2, 0.25) is 0 Å². The lowest BCUT2D eigenvalue weighted by Gasteiger charge is -2.26. The third kappa shape index (κ3) is 3.23. The number of carboxylic acids is 1. The first-order chi connectivity index (χ1) is 9.08. The fraction of sp³-hybridized carbons (Fsp3) is 0.385. The molecule has 0 atom stereocenters. The molecule has 6 heteroatoms. The molecule has 0 spiro atoms. The number of carbonyl (C=O) groups excluding carboxylic acids is 1. The van der Waals surface area contributed by atoms with Gasteiger partial charge in [-0.05, 0) is 17.7 Å². The molecule has 0 saturated carbocycles. The van der Waals surface area contributed by atoms with Crippen molar-refractivity contribution in [3.05, 3.63) is 23.8 Å². The summed E-state index contributed by atoms with van der Waals surface area (Å²) in [5, 5.41) is 11.6. The van der Waals surface area contributed by atoms with Crippen molar-refractivity contribution in [2.75, 3.05) is 25.1 Å². The van der Waals surface area contributed by atoms with Crippen molar-refractivity contribution in [1.29, 1.82) is 0 Å². The molecule has 19 heavy (non-hydrogen) atoms. The van der Waals surface area contributed by atoms with E-state index in [4.69, 9.17) is 9.84 Å². The van der Waals surface area contributed by atoms with Gasteiger partial charge in [0.1, 0.15) is 5.75 Å². The normalized spacial score (nSPS) is 13.9. The van der Waals surface area contributed by atoms with Crippen LogP contribution in [0, 0.1) is 0 Å². The summed E-state index contributed by atoms with van der Waals surface area (Å²) in [4.78, 5) is 23.5. The van der Waals surface area contributed by atoms with Gasteiger partial charge in [0.15, 0.2) is 6.61 Å². The van der Waals surface area contributed by atoms with Gasteiger partial charge in [-0.3, -0.25) is 9.59 Å². The van der Waals surface area contributed by atoms with Gasteiger partial charge in [0.2, 0.25) is 0 Å². The largest absolute Gasteiger partial charge is 0.482 e. The highest BCUT2D eigenvalue weighted by molar-refractivity contribution is 5.97. The van der Waals surface area contributed by atoms with Gasteiger partial charge in [-0.1, -0.05) is 6.07 Å². The van der Waals surface area contributed by atoms with Gasteiger partial charge in [0.25, 0.3) is 5.91 Å². The Labute approximate surface area is 111 Å². The Morgan fingerprint density at radius 2 is 2.32 bits per heavy atom. The SMILES string of the molecule is CN1C(=O)COc2ccc(CNCCC(=O)O)cc21. The summed E-state index contributed by atoms with van der Waals surface area (Å²) in [7, 11) is 1.71. The summed E-state index contributed by atoms with van der Waals surface area (Å²) >= 11 is 0. The van der Waals surface area contributed by atoms with E-state index >= 15 is 0 Å². The predicted molar refractivity (Wildman–Crippen MR) is 69.3 cm³/mol. The Morgan fingerprint density at radius 1 is 1.53 bits per heavy atom. The van der Waals surface area contributed by atoms with Crippen LogP contribution in [0.5, 0.6) is 5.75 Å². The van der Waals surface area contributed by atoms with Gasteiger partial charge in [0, 0.05) is 20.1 Å². The Kier molecular flexibility index (Phi) is 4.01. The summed E-state index contributed by atoms with van der Waals surface area (Å²) in [5.74, 6) is -0.212. The second-order valence-corrected chi connectivity index (χ2v) is 4.36. The van der Waals surface area contributed by atoms with Crippen LogP contribution >= 0.6 is 0 Å². The minimum Gasteiger partial charge on any atom is -0.482 e. The summed E-state index contributed by atoms with van der Waals surface area (Å²) in [6.07, 6.45) is 0.0897.